The Labute approximate surface area is 171 Å². The lowest BCUT2D eigenvalue weighted by Gasteiger charge is -2.34. The monoisotopic (exact) mass is 390 g/mol. The number of rotatable bonds is 7. The number of carbonyl (C=O) groups is 1. The average molecular weight is 390 g/mol. The highest BCUT2D eigenvalue weighted by atomic mass is 16.5. The first-order valence-corrected chi connectivity index (χ1v) is 10.0. The first-order valence-electron chi connectivity index (χ1n) is 10.0. The van der Waals surface area contributed by atoms with E-state index in [1.165, 1.54) is 5.56 Å². The summed E-state index contributed by atoms with van der Waals surface area (Å²) in [7, 11) is 0. The van der Waals surface area contributed by atoms with Crippen LogP contribution in [0.4, 0.5) is 0 Å². The predicted octanol–water partition coefficient (Wildman–Crippen LogP) is 3.41. The molecule has 0 aliphatic carbocycles. The third kappa shape index (κ3) is 5.13. The second-order valence-corrected chi connectivity index (χ2v) is 7.18. The second-order valence-electron chi connectivity index (χ2n) is 7.18. The highest BCUT2D eigenvalue weighted by Crippen LogP contribution is 2.22. The predicted molar refractivity (Wildman–Crippen MR) is 114 cm³/mol. The zero-order chi connectivity index (χ0) is 19.9. The number of hydrogen-bond acceptors (Lipinski definition) is 4. The van der Waals surface area contributed by atoms with Crippen molar-refractivity contribution in [2.75, 3.05) is 39.5 Å². The number of fused-ring (bicyclic) bond motifs is 1. The molecule has 0 bridgehead atoms. The normalized spacial score (nSPS) is 15.7. The molecule has 4 rings (SSSR count). The third-order valence-electron chi connectivity index (χ3n) is 5.25. The lowest BCUT2D eigenvalue weighted by atomic mass is 10.0. The molecule has 1 saturated heterocycles. The summed E-state index contributed by atoms with van der Waals surface area (Å²) in [5.41, 5.74) is 1.20. The summed E-state index contributed by atoms with van der Waals surface area (Å²) in [4.78, 5) is 14.8. The lowest BCUT2D eigenvalue weighted by Crippen LogP contribution is -2.44. The summed E-state index contributed by atoms with van der Waals surface area (Å²) in [6.45, 7) is 3.73. The summed E-state index contributed by atoms with van der Waals surface area (Å²) in [6, 6.07) is 24.4. The SMILES string of the molecule is O=C(COc1ccc2ccccc2c1)NC[C@H](c1ccccc1)N1CCOCC1. The molecule has 5 nitrogen and oxygen atoms in total. The van der Waals surface area contributed by atoms with Gasteiger partial charge in [-0.1, -0.05) is 60.7 Å². The van der Waals surface area contributed by atoms with Gasteiger partial charge in [0.1, 0.15) is 5.75 Å². The third-order valence-corrected chi connectivity index (χ3v) is 5.25. The molecule has 3 aromatic carbocycles. The Hall–Kier alpha value is -2.89. The number of ether oxygens (including phenoxy) is 2. The van der Waals surface area contributed by atoms with E-state index in [4.69, 9.17) is 9.47 Å². The molecule has 150 valence electrons. The van der Waals surface area contributed by atoms with Gasteiger partial charge in [-0.2, -0.15) is 0 Å². The minimum absolute atomic E-state index is 0.00294. The van der Waals surface area contributed by atoms with Gasteiger partial charge in [-0.15, -0.1) is 0 Å². The van der Waals surface area contributed by atoms with Crippen LogP contribution in [0, 0.1) is 0 Å². The van der Waals surface area contributed by atoms with Crippen molar-refractivity contribution in [1.29, 1.82) is 0 Å². The van der Waals surface area contributed by atoms with Gasteiger partial charge in [0.15, 0.2) is 6.61 Å². The van der Waals surface area contributed by atoms with Crippen molar-refractivity contribution in [1.82, 2.24) is 10.2 Å². The number of carbonyl (C=O) groups excluding carboxylic acids is 1. The van der Waals surface area contributed by atoms with E-state index in [1.54, 1.807) is 0 Å². The van der Waals surface area contributed by atoms with Crippen molar-refractivity contribution in [2.24, 2.45) is 0 Å². The van der Waals surface area contributed by atoms with Crippen molar-refractivity contribution >= 4 is 16.7 Å². The van der Waals surface area contributed by atoms with Crippen LogP contribution in [-0.4, -0.2) is 50.3 Å². The van der Waals surface area contributed by atoms with Gasteiger partial charge < -0.3 is 14.8 Å². The van der Waals surface area contributed by atoms with Crippen LogP contribution in [0.15, 0.2) is 72.8 Å². The molecule has 0 radical (unpaired) electrons. The smallest absolute Gasteiger partial charge is 0.258 e. The van der Waals surface area contributed by atoms with Crippen molar-refractivity contribution in [2.45, 2.75) is 6.04 Å². The average Bonchev–Trinajstić information content (AvgIpc) is 2.79. The molecule has 3 aromatic rings. The fourth-order valence-electron chi connectivity index (χ4n) is 3.69. The molecule has 1 aliphatic heterocycles. The summed E-state index contributed by atoms with van der Waals surface area (Å²) in [5, 5.41) is 5.29. The molecule has 1 heterocycles. The van der Waals surface area contributed by atoms with E-state index in [2.05, 4.69) is 28.4 Å². The molecule has 1 atom stereocenters. The number of nitrogens with zero attached hydrogens (tertiary/aromatic N) is 1. The fourth-order valence-corrected chi connectivity index (χ4v) is 3.69. The van der Waals surface area contributed by atoms with Crippen molar-refractivity contribution < 1.29 is 14.3 Å². The van der Waals surface area contributed by atoms with Gasteiger partial charge in [0.25, 0.3) is 5.91 Å². The van der Waals surface area contributed by atoms with Crippen molar-refractivity contribution in [3.8, 4) is 5.75 Å². The van der Waals surface area contributed by atoms with Gasteiger partial charge in [-0.05, 0) is 28.5 Å². The number of amides is 1. The van der Waals surface area contributed by atoms with Gasteiger partial charge in [-0.25, -0.2) is 0 Å². The molecule has 0 spiro atoms. The molecule has 0 unspecified atom stereocenters. The quantitative estimate of drug-likeness (QED) is 0.672. The Bertz CT molecular complexity index is 939. The molecular formula is C24H26N2O3. The van der Waals surface area contributed by atoms with Gasteiger partial charge in [0, 0.05) is 19.6 Å². The van der Waals surface area contributed by atoms with E-state index < -0.39 is 0 Å². The Morgan fingerprint density at radius 2 is 1.69 bits per heavy atom. The molecular weight excluding hydrogens is 364 g/mol. The van der Waals surface area contributed by atoms with Crippen LogP contribution in [0.25, 0.3) is 10.8 Å². The largest absolute Gasteiger partial charge is 0.484 e. The fraction of sp³-hybridized carbons (Fsp3) is 0.292. The molecule has 29 heavy (non-hydrogen) atoms. The first kappa shape index (κ1) is 19.4. The van der Waals surface area contributed by atoms with Crippen LogP contribution >= 0.6 is 0 Å². The maximum absolute atomic E-state index is 12.4. The number of benzene rings is 3. The Morgan fingerprint density at radius 1 is 0.966 bits per heavy atom. The van der Waals surface area contributed by atoms with Crippen molar-refractivity contribution in [3.63, 3.8) is 0 Å². The Morgan fingerprint density at radius 3 is 2.48 bits per heavy atom. The van der Waals surface area contributed by atoms with E-state index >= 15 is 0 Å². The van der Waals surface area contributed by atoms with Crippen LogP contribution in [0.5, 0.6) is 5.75 Å². The van der Waals surface area contributed by atoms with Crippen LogP contribution in [-0.2, 0) is 9.53 Å². The van der Waals surface area contributed by atoms with Crippen LogP contribution in [0.3, 0.4) is 0 Å². The van der Waals surface area contributed by atoms with E-state index in [0.29, 0.717) is 12.3 Å². The molecule has 1 fully saturated rings. The van der Waals surface area contributed by atoms with E-state index in [-0.39, 0.29) is 18.6 Å². The van der Waals surface area contributed by atoms with E-state index in [1.807, 2.05) is 54.6 Å². The van der Waals surface area contributed by atoms with Gasteiger partial charge >= 0.3 is 0 Å². The van der Waals surface area contributed by atoms with Crippen LogP contribution < -0.4 is 10.1 Å². The zero-order valence-corrected chi connectivity index (χ0v) is 16.4. The van der Waals surface area contributed by atoms with Crippen molar-refractivity contribution in [3.05, 3.63) is 78.4 Å². The Balaban J connectivity index is 1.34. The molecule has 5 heteroatoms. The molecule has 0 saturated carbocycles. The van der Waals surface area contributed by atoms with Crippen LogP contribution in [0.2, 0.25) is 0 Å². The summed E-state index contributed by atoms with van der Waals surface area (Å²) >= 11 is 0. The summed E-state index contributed by atoms with van der Waals surface area (Å²) in [6.07, 6.45) is 0. The molecule has 1 aliphatic rings. The minimum atomic E-state index is -0.118. The number of morpholine rings is 1. The van der Waals surface area contributed by atoms with Gasteiger partial charge in [0.2, 0.25) is 0 Å². The summed E-state index contributed by atoms with van der Waals surface area (Å²) < 4.78 is 11.2. The van der Waals surface area contributed by atoms with E-state index in [9.17, 15) is 4.79 Å². The number of hydrogen-bond donors (Lipinski definition) is 1. The lowest BCUT2D eigenvalue weighted by molar-refractivity contribution is -0.123. The highest BCUT2D eigenvalue weighted by molar-refractivity contribution is 5.84. The molecule has 1 amide bonds. The minimum Gasteiger partial charge on any atom is -0.484 e. The number of nitrogens with one attached hydrogen (secondary N) is 1. The Kier molecular flexibility index (Phi) is 6.39. The molecule has 0 aromatic heterocycles. The highest BCUT2D eigenvalue weighted by Gasteiger charge is 2.23. The van der Waals surface area contributed by atoms with Gasteiger partial charge in [0.05, 0.1) is 19.3 Å². The maximum Gasteiger partial charge on any atom is 0.258 e. The zero-order valence-electron chi connectivity index (χ0n) is 16.4. The molecule has 1 N–H and O–H groups in total. The second kappa shape index (κ2) is 9.54. The van der Waals surface area contributed by atoms with E-state index in [0.717, 1.165) is 37.1 Å². The standard InChI is InChI=1S/C24H26N2O3/c27-24(18-29-22-11-10-19-6-4-5-9-21(19)16-22)25-17-23(20-7-2-1-3-8-20)26-12-14-28-15-13-26/h1-11,16,23H,12-15,17-18H2,(H,25,27)/t23-/m1/s1. The van der Waals surface area contributed by atoms with Gasteiger partial charge in [-0.3, -0.25) is 9.69 Å². The summed E-state index contributed by atoms with van der Waals surface area (Å²) in [5.74, 6) is 0.582. The topological polar surface area (TPSA) is 50.8 Å². The maximum atomic E-state index is 12.4. The first-order chi connectivity index (χ1) is 14.3. The van der Waals surface area contributed by atoms with Crippen LogP contribution in [0.1, 0.15) is 11.6 Å².